The van der Waals surface area contributed by atoms with Crippen molar-refractivity contribution in [2.75, 3.05) is 34.0 Å². The average molecular weight is 666 g/mol. The zero-order chi connectivity index (χ0) is 29.4. The number of aliphatic imine (C=N–C) groups is 1. The molecule has 1 amide bonds. The topological polar surface area (TPSA) is 98.6 Å². The maximum atomic E-state index is 14.2. The summed E-state index contributed by atoms with van der Waals surface area (Å²) in [7, 11) is 3.00. The first kappa shape index (κ1) is 31.3. The van der Waals surface area contributed by atoms with E-state index in [1.807, 2.05) is 36.4 Å². The molecule has 0 fully saturated rings. The molecule has 1 aliphatic rings. The van der Waals surface area contributed by atoms with Crippen LogP contribution in [0.4, 0.5) is 0 Å². The Kier molecular flexibility index (Phi) is 11.1. The van der Waals surface area contributed by atoms with Gasteiger partial charge in [0.05, 0.1) is 13.2 Å². The molecule has 1 aliphatic heterocycles. The number of hydrogen-bond acceptors (Lipinski definition) is 7. The van der Waals surface area contributed by atoms with Crippen molar-refractivity contribution in [2.24, 2.45) is 4.99 Å². The third-order valence-electron chi connectivity index (χ3n) is 6.62. The summed E-state index contributed by atoms with van der Waals surface area (Å²) >= 11 is 16.4. The Labute approximate surface area is 257 Å². The second kappa shape index (κ2) is 14.5. The maximum absolute atomic E-state index is 14.2. The molecule has 2 atom stereocenters. The fraction of sp³-hybridized carbons (Fsp3) is 0.333. The Morgan fingerprint density at radius 2 is 1.80 bits per heavy atom. The standard InChI is InChI=1S/C30H31BrCl2N2O6/c1-38-26(39-2)18-34-29(37)30(17-19-4-8-21(31)9-5-19)27(24-13-10-22(32)16-25(24)33)41-28(35-30)20-6-11-23(12-7-20)40-15-3-14-36/h4-13,16,26-27,36H,3,14-15,17-18H2,1-2H3,(H,34,37)/t27-,30-/m1/s1. The van der Waals surface area contributed by atoms with Crippen LogP contribution >= 0.6 is 39.1 Å². The quantitative estimate of drug-likeness (QED) is 0.178. The van der Waals surface area contributed by atoms with E-state index in [9.17, 15) is 4.79 Å². The number of hydrogen-bond donors (Lipinski definition) is 2. The van der Waals surface area contributed by atoms with Crippen LogP contribution in [0.2, 0.25) is 10.0 Å². The van der Waals surface area contributed by atoms with Crippen molar-refractivity contribution in [3.05, 3.63) is 97.9 Å². The van der Waals surface area contributed by atoms with Gasteiger partial charge in [0.2, 0.25) is 5.90 Å². The fourth-order valence-corrected chi connectivity index (χ4v) is 5.25. The number of halogens is 3. The van der Waals surface area contributed by atoms with Gasteiger partial charge in [-0.2, -0.15) is 0 Å². The summed E-state index contributed by atoms with van der Waals surface area (Å²) in [5, 5.41) is 12.8. The van der Waals surface area contributed by atoms with Crippen molar-refractivity contribution < 1.29 is 28.8 Å². The minimum atomic E-state index is -1.44. The van der Waals surface area contributed by atoms with Crippen LogP contribution < -0.4 is 10.1 Å². The Bertz CT molecular complexity index is 1350. The first-order valence-corrected chi connectivity index (χ1v) is 14.5. The molecular formula is C30H31BrCl2N2O6. The van der Waals surface area contributed by atoms with Crippen molar-refractivity contribution >= 4 is 50.9 Å². The molecule has 0 spiro atoms. The Morgan fingerprint density at radius 1 is 1.10 bits per heavy atom. The van der Waals surface area contributed by atoms with Crippen molar-refractivity contribution in [1.82, 2.24) is 5.32 Å². The van der Waals surface area contributed by atoms with Crippen molar-refractivity contribution in [3.63, 3.8) is 0 Å². The highest BCUT2D eigenvalue weighted by Gasteiger charge is 2.54. The van der Waals surface area contributed by atoms with E-state index in [1.54, 1.807) is 30.3 Å². The molecule has 41 heavy (non-hydrogen) atoms. The highest BCUT2D eigenvalue weighted by Crippen LogP contribution is 2.45. The Morgan fingerprint density at radius 3 is 2.44 bits per heavy atom. The van der Waals surface area contributed by atoms with Gasteiger partial charge in [0.25, 0.3) is 5.91 Å². The van der Waals surface area contributed by atoms with Gasteiger partial charge in [-0.25, -0.2) is 4.99 Å². The minimum Gasteiger partial charge on any atom is -0.494 e. The van der Waals surface area contributed by atoms with Gasteiger partial charge in [-0.1, -0.05) is 57.3 Å². The molecule has 4 rings (SSSR count). The lowest BCUT2D eigenvalue weighted by Crippen LogP contribution is -2.51. The number of carbonyl (C=O) groups is 1. The van der Waals surface area contributed by atoms with Crippen LogP contribution in [0.5, 0.6) is 5.75 Å². The number of benzene rings is 3. The largest absolute Gasteiger partial charge is 0.494 e. The van der Waals surface area contributed by atoms with Crippen LogP contribution in [-0.2, 0) is 25.4 Å². The summed E-state index contributed by atoms with van der Waals surface area (Å²) in [5.41, 5.74) is 0.658. The predicted molar refractivity (Wildman–Crippen MR) is 162 cm³/mol. The lowest BCUT2D eigenvalue weighted by molar-refractivity contribution is -0.134. The molecule has 0 aromatic heterocycles. The zero-order valence-electron chi connectivity index (χ0n) is 22.6. The van der Waals surface area contributed by atoms with Crippen LogP contribution in [0.1, 0.15) is 29.2 Å². The van der Waals surface area contributed by atoms with E-state index < -0.39 is 17.9 Å². The highest BCUT2D eigenvalue weighted by molar-refractivity contribution is 9.10. The molecule has 0 radical (unpaired) electrons. The number of methoxy groups -OCH3 is 2. The number of aliphatic hydroxyl groups excluding tert-OH is 1. The second-order valence-corrected chi connectivity index (χ2v) is 11.1. The van der Waals surface area contributed by atoms with Gasteiger partial charge in [-0.15, -0.1) is 0 Å². The lowest BCUT2D eigenvalue weighted by atomic mass is 9.82. The average Bonchev–Trinajstić information content (AvgIpc) is 3.35. The van der Waals surface area contributed by atoms with E-state index in [1.165, 1.54) is 14.2 Å². The maximum Gasteiger partial charge on any atom is 0.252 e. The molecule has 11 heteroatoms. The number of carbonyl (C=O) groups excluding carboxylic acids is 1. The first-order valence-electron chi connectivity index (χ1n) is 12.9. The fourth-order valence-electron chi connectivity index (χ4n) is 4.48. The molecule has 0 saturated heterocycles. The van der Waals surface area contributed by atoms with E-state index in [0.717, 1.165) is 10.0 Å². The number of nitrogens with one attached hydrogen (secondary N) is 1. The van der Waals surface area contributed by atoms with Crippen LogP contribution in [0, 0.1) is 0 Å². The molecule has 0 saturated carbocycles. The van der Waals surface area contributed by atoms with E-state index >= 15 is 0 Å². The smallest absolute Gasteiger partial charge is 0.252 e. The van der Waals surface area contributed by atoms with Crippen molar-refractivity contribution in [2.45, 2.75) is 30.8 Å². The number of amides is 1. The summed E-state index contributed by atoms with van der Waals surface area (Å²) in [6, 6.07) is 20.0. The number of aliphatic hydroxyl groups is 1. The van der Waals surface area contributed by atoms with E-state index in [0.29, 0.717) is 39.9 Å². The van der Waals surface area contributed by atoms with Gasteiger partial charge in [0.1, 0.15) is 5.75 Å². The molecule has 3 aromatic rings. The number of rotatable bonds is 13. The van der Waals surface area contributed by atoms with Crippen LogP contribution in [0.3, 0.4) is 0 Å². The summed E-state index contributed by atoms with van der Waals surface area (Å²) in [4.78, 5) is 19.2. The minimum absolute atomic E-state index is 0.0510. The number of ether oxygens (including phenoxy) is 4. The Balaban J connectivity index is 1.79. The summed E-state index contributed by atoms with van der Waals surface area (Å²) in [5.74, 6) is 0.543. The highest BCUT2D eigenvalue weighted by atomic mass is 79.9. The van der Waals surface area contributed by atoms with Crippen LogP contribution in [0.15, 0.2) is 76.2 Å². The van der Waals surface area contributed by atoms with Crippen LogP contribution in [-0.4, -0.2) is 62.7 Å². The summed E-state index contributed by atoms with van der Waals surface area (Å²) in [6.07, 6.45) is -0.783. The molecule has 0 unspecified atom stereocenters. The molecular weight excluding hydrogens is 635 g/mol. The molecule has 218 valence electrons. The van der Waals surface area contributed by atoms with E-state index in [-0.39, 0.29) is 31.4 Å². The third-order valence-corrected chi connectivity index (χ3v) is 7.71. The SMILES string of the molecule is COC(CNC(=O)[C@]1(Cc2ccc(Br)cc2)N=C(c2ccc(OCCCO)cc2)O[C@@H]1c1ccc(Cl)cc1Cl)OC. The predicted octanol–water partition coefficient (Wildman–Crippen LogP) is 5.75. The van der Waals surface area contributed by atoms with Gasteiger partial charge in [0.15, 0.2) is 17.9 Å². The van der Waals surface area contributed by atoms with Crippen molar-refractivity contribution in [1.29, 1.82) is 0 Å². The van der Waals surface area contributed by atoms with Crippen molar-refractivity contribution in [3.8, 4) is 5.75 Å². The summed E-state index contributed by atoms with van der Waals surface area (Å²) < 4.78 is 23.6. The summed E-state index contributed by atoms with van der Waals surface area (Å²) in [6.45, 7) is 0.542. The lowest BCUT2D eigenvalue weighted by Gasteiger charge is -2.31. The molecule has 8 nitrogen and oxygen atoms in total. The first-order chi connectivity index (χ1) is 19.8. The molecule has 1 heterocycles. The van der Waals surface area contributed by atoms with E-state index in [4.69, 9.17) is 52.2 Å². The second-order valence-electron chi connectivity index (χ2n) is 9.37. The van der Waals surface area contributed by atoms with Gasteiger partial charge < -0.3 is 29.4 Å². The molecule has 0 aliphatic carbocycles. The van der Waals surface area contributed by atoms with E-state index in [2.05, 4.69) is 21.2 Å². The zero-order valence-corrected chi connectivity index (χ0v) is 25.7. The molecule has 0 bridgehead atoms. The monoisotopic (exact) mass is 664 g/mol. The number of nitrogens with zero attached hydrogens (tertiary/aromatic N) is 1. The van der Waals surface area contributed by atoms with Gasteiger partial charge >= 0.3 is 0 Å². The molecule has 3 aromatic carbocycles. The van der Waals surface area contributed by atoms with Gasteiger partial charge in [-0.3, -0.25) is 4.79 Å². The third kappa shape index (κ3) is 7.60. The van der Waals surface area contributed by atoms with Gasteiger partial charge in [-0.05, 0) is 54.1 Å². The normalized spacial score (nSPS) is 18.2. The Hall–Kier alpha value is -2.66. The molecule has 2 N–H and O–H groups in total. The van der Waals surface area contributed by atoms with Crippen LogP contribution in [0.25, 0.3) is 0 Å². The van der Waals surface area contributed by atoms with Gasteiger partial charge in [0, 0.05) is 59.3 Å².